The zero-order valence-electron chi connectivity index (χ0n) is 18.7. The Kier molecular flexibility index (Phi) is 7.33. The van der Waals surface area contributed by atoms with E-state index in [1.807, 2.05) is 0 Å². The first-order valence-corrected chi connectivity index (χ1v) is 12.3. The molecule has 0 aromatic heterocycles. The quantitative estimate of drug-likeness (QED) is 0.397. The van der Waals surface area contributed by atoms with Crippen LogP contribution >= 0.6 is 0 Å². The molecule has 0 bridgehead atoms. The summed E-state index contributed by atoms with van der Waals surface area (Å²) in [5.41, 5.74) is 0.988. The van der Waals surface area contributed by atoms with Crippen molar-refractivity contribution in [1.29, 1.82) is 0 Å². The number of halogens is 4. The molecule has 2 N–H and O–H groups in total. The molecule has 2 aromatic rings. The Labute approximate surface area is 198 Å². The second kappa shape index (κ2) is 9.93. The fourth-order valence-corrected chi connectivity index (χ4v) is 5.72. The molecule has 0 aliphatic heterocycles. The largest absolute Gasteiger partial charge is 0.760 e. The number of hydrogen-bond donors (Lipinski definition) is 2. The van der Waals surface area contributed by atoms with Gasteiger partial charge in [-0.3, -0.25) is 4.21 Å². The highest BCUT2D eigenvalue weighted by Crippen LogP contribution is 2.40. The van der Waals surface area contributed by atoms with Crippen LogP contribution in [0.2, 0.25) is 0 Å². The van der Waals surface area contributed by atoms with Crippen LogP contribution in [0.5, 0.6) is 5.75 Å². The van der Waals surface area contributed by atoms with Gasteiger partial charge in [-0.1, -0.05) is 18.2 Å². The molecule has 0 spiro atoms. The summed E-state index contributed by atoms with van der Waals surface area (Å²) in [5, 5.41) is 3.21. The van der Waals surface area contributed by atoms with Gasteiger partial charge in [0.25, 0.3) is 0 Å². The van der Waals surface area contributed by atoms with E-state index in [1.165, 1.54) is 12.1 Å². The van der Waals surface area contributed by atoms with Crippen molar-refractivity contribution in [3.8, 4) is 5.75 Å². The molecule has 0 saturated heterocycles. The average Bonchev–Trinajstić information content (AvgIpc) is 3.07. The Morgan fingerprint density at radius 2 is 2.00 bits per heavy atom. The van der Waals surface area contributed by atoms with Crippen LogP contribution in [-0.4, -0.2) is 34.0 Å². The van der Waals surface area contributed by atoms with Crippen LogP contribution in [0.1, 0.15) is 53.9 Å². The Hall–Kier alpha value is -2.01. The minimum absolute atomic E-state index is 0.0475. The van der Waals surface area contributed by atoms with Gasteiger partial charge in [0.1, 0.15) is 0 Å². The standard InChI is InChI=1S/C24H28F4N2O3S/c1-29-21-13-16-12-20(25)22(33-9-8-23(6-3-7-23)30-34(31)32)14-18(16)19(21)11-15-4-2-5-17(10-15)24(26,27)28/h2,4-5,10,12,14,19,21,29-30H,3,6-9,11,13H2,1H3,(H,31,32)/p-1. The summed E-state index contributed by atoms with van der Waals surface area (Å²) >= 11 is -2.38. The van der Waals surface area contributed by atoms with E-state index in [2.05, 4.69) is 10.0 Å². The maximum Gasteiger partial charge on any atom is 0.416 e. The van der Waals surface area contributed by atoms with Crippen molar-refractivity contribution < 1.29 is 31.1 Å². The van der Waals surface area contributed by atoms with Gasteiger partial charge in [0.05, 0.1) is 12.2 Å². The number of hydrogen-bond acceptors (Lipinski definition) is 4. The molecule has 10 heteroatoms. The predicted molar refractivity (Wildman–Crippen MR) is 120 cm³/mol. The molecule has 2 aliphatic rings. The highest BCUT2D eigenvalue weighted by Gasteiger charge is 2.37. The number of benzene rings is 2. The summed E-state index contributed by atoms with van der Waals surface area (Å²) < 4.78 is 84.6. The van der Waals surface area contributed by atoms with Crippen molar-refractivity contribution in [2.75, 3.05) is 13.7 Å². The van der Waals surface area contributed by atoms with Crippen LogP contribution in [0, 0.1) is 5.82 Å². The number of nitrogens with one attached hydrogen (secondary N) is 2. The Morgan fingerprint density at radius 1 is 1.24 bits per heavy atom. The van der Waals surface area contributed by atoms with Gasteiger partial charge in [0.2, 0.25) is 0 Å². The smallest absolute Gasteiger partial charge is 0.416 e. The number of likely N-dealkylation sites (N-methyl/N-ethyl adjacent to an activating group) is 1. The Bertz CT molecular complexity index is 1060. The molecule has 2 aliphatic carbocycles. The lowest BCUT2D eigenvalue weighted by Crippen LogP contribution is -2.52. The molecule has 34 heavy (non-hydrogen) atoms. The van der Waals surface area contributed by atoms with Crippen molar-refractivity contribution in [2.24, 2.45) is 0 Å². The van der Waals surface area contributed by atoms with Crippen LogP contribution in [-0.2, 0) is 30.3 Å². The maximum atomic E-state index is 14.8. The first kappa shape index (κ1) is 25.1. The summed E-state index contributed by atoms with van der Waals surface area (Å²) in [7, 11) is 1.79. The summed E-state index contributed by atoms with van der Waals surface area (Å²) in [6, 6.07) is 8.32. The van der Waals surface area contributed by atoms with Gasteiger partial charge in [-0.15, -0.1) is 0 Å². The SMILES string of the molecule is CNC1Cc2cc(F)c(OCCC3(NS(=O)[O-])CCC3)cc2C1Cc1cccc(C(F)(F)F)c1. The van der Waals surface area contributed by atoms with E-state index in [-0.39, 0.29) is 24.3 Å². The second-order valence-corrected chi connectivity index (χ2v) is 9.83. The molecule has 0 heterocycles. The third-order valence-electron chi connectivity index (χ3n) is 7.05. The van der Waals surface area contributed by atoms with Crippen LogP contribution < -0.4 is 14.8 Å². The van der Waals surface area contributed by atoms with Crippen LogP contribution in [0.4, 0.5) is 17.6 Å². The molecular weight excluding hydrogens is 472 g/mol. The Morgan fingerprint density at radius 3 is 2.62 bits per heavy atom. The third-order valence-corrected chi connectivity index (χ3v) is 7.65. The molecular formula is C24H27F4N2O3S-. The number of fused-ring (bicyclic) bond motifs is 1. The highest BCUT2D eigenvalue weighted by atomic mass is 32.2. The van der Waals surface area contributed by atoms with Crippen LogP contribution in [0.3, 0.4) is 0 Å². The maximum absolute atomic E-state index is 14.8. The average molecular weight is 500 g/mol. The number of rotatable bonds is 9. The van der Waals surface area contributed by atoms with Gasteiger partial charge >= 0.3 is 6.18 Å². The summed E-state index contributed by atoms with van der Waals surface area (Å²) in [4.78, 5) is 0. The minimum Gasteiger partial charge on any atom is -0.760 e. The molecule has 1 fully saturated rings. The van der Waals surface area contributed by atoms with Gasteiger partial charge in [-0.05, 0) is 74.0 Å². The van der Waals surface area contributed by atoms with Crippen molar-refractivity contribution in [1.82, 2.24) is 10.0 Å². The molecule has 2 aromatic carbocycles. The van der Waals surface area contributed by atoms with Crippen molar-refractivity contribution in [3.63, 3.8) is 0 Å². The molecule has 4 rings (SSSR count). The molecule has 1 saturated carbocycles. The van der Waals surface area contributed by atoms with Gasteiger partial charge in [0, 0.05) is 35.2 Å². The zero-order valence-corrected chi connectivity index (χ0v) is 19.5. The number of alkyl halides is 3. The van der Waals surface area contributed by atoms with Crippen LogP contribution in [0.15, 0.2) is 36.4 Å². The van der Waals surface area contributed by atoms with Crippen LogP contribution in [0.25, 0.3) is 0 Å². The van der Waals surface area contributed by atoms with E-state index < -0.39 is 34.4 Å². The van der Waals surface area contributed by atoms with E-state index in [9.17, 15) is 26.3 Å². The molecule has 3 atom stereocenters. The fraction of sp³-hybridized carbons (Fsp3) is 0.500. The molecule has 0 amide bonds. The summed E-state index contributed by atoms with van der Waals surface area (Å²) in [6.07, 6.45) is -0.726. The zero-order chi connectivity index (χ0) is 24.5. The predicted octanol–water partition coefficient (Wildman–Crippen LogP) is 4.39. The van der Waals surface area contributed by atoms with E-state index >= 15 is 0 Å². The Balaban J connectivity index is 1.51. The van der Waals surface area contributed by atoms with Gasteiger partial charge in [-0.25, -0.2) is 9.11 Å². The number of ether oxygens (including phenoxy) is 1. The lowest BCUT2D eigenvalue weighted by Gasteiger charge is -2.43. The lowest BCUT2D eigenvalue weighted by molar-refractivity contribution is -0.137. The normalized spacial score (nSPS) is 22.2. The molecule has 3 unspecified atom stereocenters. The van der Waals surface area contributed by atoms with E-state index in [0.717, 1.165) is 29.7 Å². The monoisotopic (exact) mass is 499 g/mol. The van der Waals surface area contributed by atoms with Crippen molar-refractivity contribution in [2.45, 2.75) is 62.2 Å². The molecule has 5 nitrogen and oxygen atoms in total. The topological polar surface area (TPSA) is 73.4 Å². The summed E-state index contributed by atoms with van der Waals surface area (Å²) in [5.74, 6) is -0.576. The van der Waals surface area contributed by atoms with Gasteiger partial charge < -0.3 is 14.6 Å². The fourth-order valence-electron chi connectivity index (χ4n) is 5.06. The second-order valence-electron chi connectivity index (χ2n) is 9.16. The highest BCUT2D eigenvalue weighted by molar-refractivity contribution is 7.77. The first-order chi connectivity index (χ1) is 16.1. The first-order valence-electron chi connectivity index (χ1n) is 11.3. The van der Waals surface area contributed by atoms with Crippen molar-refractivity contribution >= 4 is 11.3 Å². The summed E-state index contributed by atoms with van der Waals surface area (Å²) in [6.45, 7) is 0.146. The third kappa shape index (κ3) is 5.45. The molecule has 0 radical (unpaired) electrons. The van der Waals surface area contributed by atoms with E-state index in [1.54, 1.807) is 19.2 Å². The molecule has 186 valence electrons. The van der Waals surface area contributed by atoms with Gasteiger partial charge in [-0.2, -0.15) is 13.2 Å². The van der Waals surface area contributed by atoms with E-state index in [4.69, 9.17) is 4.74 Å². The minimum atomic E-state index is -4.42. The van der Waals surface area contributed by atoms with E-state index in [0.29, 0.717) is 37.7 Å². The van der Waals surface area contributed by atoms with Crippen molar-refractivity contribution in [3.05, 3.63) is 64.5 Å². The lowest BCUT2D eigenvalue weighted by atomic mass is 9.75. The van der Waals surface area contributed by atoms with Gasteiger partial charge in [0.15, 0.2) is 11.6 Å².